The fraction of sp³-hybridized carbons (Fsp3) is 0. The van der Waals surface area contributed by atoms with Crippen molar-refractivity contribution in [2.45, 2.75) is 0 Å². The quantitative estimate of drug-likeness (QED) is 0.852. The van der Waals surface area contributed by atoms with Crippen molar-refractivity contribution < 1.29 is 14.3 Å². The Hall–Kier alpha value is -0.290. The Bertz CT molecular complexity index is 266. The van der Waals surface area contributed by atoms with E-state index in [4.69, 9.17) is 9.52 Å². The molecule has 0 aromatic carbocycles. The van der Waals surface area contributed by atoms with Gasteiger partial charge in [0.05, 0.1) is 0 Å². The van der Waals surface area contributed by atoms with Crippen LogP contribution < -0.4 is 0 Å². The van der Waals surface area contributed by atoms with E-state index in [1.165, 1.54) is 6.07 Å². The lowest BCUT2D eigenvalue weighted by Crippen LogP contribution is -1.93. The van der Waals surface area contributed by atoms with E-state index < -0.39 is 5.97 Å². The number of rotatable bonds is 1. The molecule has 1 aromatic rings. The largest absolute Gasteiger partial charge is 0.478 e. The van der Waals surface area contributed by atoms with Crippen molar-refractivity contribution in [2.24, 2.45) is 0 Å². The van der Waals surface area contributed by atoms with Gasteiger partial charge in [-0.2, -0.15) is 0 Å². The Labute approximate surface area is 73.3 Å². The second-order valence-corrected chi connectivity index (χ2v) is 3.04. The Kier molecular flexibility index (Phi) is 2.15. The highest BCUT2D eigenvalue weighted by molar-refractivity contribution is 9.11. The Morgan fingerprint density at radius 2 is 2.20 bits per heavy atom. The van der Waals surface area contributed by atoms with E-state index in [2.05, 4.69) is 31.9 Å². The van der Waals surface area contributed by atoms with Gasteiger partial charge in [0.1, 0.15) is 5.56 Å². The summed E-state index contributed by atoms with van der Waals surface area (Å²) in [4.78, 5) is 10.3. The van der Waals surface area contributed by atoms with Crippen molar-refractivity contribution in [1.82, 2.24) is 0 Å². The lowest BCUT2D eigenvalue weighted by atomic mass is 10.4. The van der Waals surface area contributed by atoms with E-state index in [-0.39, 0.29) is 10.2 Å². The summed E-state index contributed by atoms with van der Waals surface area (Å²) in [5, 5.41) is 8.47. The minimum atomic E-state index is -1.01. The van der Waals surface area contributed by atoms with E-state index in [1.54, 1.807) is 0 Å². The second-order valence-electron chi connectivity index (χ2n) is 1.54. The maximum absolute atomic E-state index is 10.3. The molecule has 1 rings (SSSR count). The van der Waals surface area contributed by atoms with Crippen LogP contribution in [0.5, 0.6) is 0 Å². The Morgan fingerprint density at radius 3 is 2.40 bits per heavy atom. The third-order valence-electron chi connectivity index (χ3n) is 0.887. The molecule has 0 aliphatic heterocycles. The van der Waals surface area contributed by atoms with Gasteiger partial charge in [0.25, 0.3) is 0 Å². The molecule has 54 valence electrons. The summed E-state index contributed by atoms with van der Waals surface area (Å²) in [6.07, 6.45) is 0. The predicted molar refractivity (Wildman–Crippen MR) is 41.1 cm³/mol. The van der Waals surface area contributed by atoms with Crippen LogP contribution in [0.25, 0.3) is 0 Å². The summed E-state index contributed by atoms with van der Waals surface area (Å²) in [6, 6.07) is 1.38. The van der Waals surface area contributed by atoms with E-state index in [0.29, 0.717) is 4.67 Å². The molecule has 0 saturated carbocycles. The summed E-state index contributed by atoms with van der Waals surface area (Å²) in [5.74, 6) is -1.01. The first-order valence-corrected chi connectivity index (χ1v) is 3.88. The van der Waals surface area contributed by atoms with Gasteiger partial charge in [-0.25, -0.2) is 4.79 Å². The third-order valence-corrected chi connectivity index (χ3v) is 1.87. The van der Waals surface area contributed by atoms with E-state index in [9.17, 15) is 4.79 Å². The number of aromatic carboxylic acids is 1. The van der Waals surface area contributed by atoms with E-state index in [1.807, 2.05) is 0 Å². The molecule has 5 heteroatoms. The molecule has 0 bridgehead atoms. The summed E-state index contributed by atoms with van der Waals surface area (Å²) in [6.45, 7) is 0. The zero-order valence-corrected chi connectivity index (χ0v) is 7.77. The van der Waals surface area contributed by atoms with Crippen molar-refractivity contribution in [2.75, 3.05) is 0 Å². The van der Waals surface area contributed by atoms with Gasteiger partial charge in [0.2, 0.25) is 0 Å². The Balaban J connectivity index is 3.15. The second kappa shape index (κ2) is 2.75. The first kappa shape index (κ1) is 7.81. The van der Waals surface area contributed by atoms with Gasteiger partial charge < -0.3 is 9.52 Å². The number of carbonyl (C=O) groups is 1. The molecule has 10 heavy (non-hydrogen) atoms. The van der Waals surface area contributed by atoms with Crippen LogP contribution in [0.1, 0.15) is 10.4 Å². The van der Waals surface area contributed by atoms with Gasteiger partial charge in [-0.3, -0.25) is 0 Å². The number of furan rings is 1. The number of halogens is 2. The number of hydrogen-bond acceptors (Lipinski definition) is 2. The lowest BCUT2D eigenvalue weighted by molar-refractivity contribution is 0.0695. The third kappa shape index (κ3) is 1.41. The zero-order chi connectivity index (χ0) is 7.72. The SMILES string of the molecule is O=C(O)c1cc(Br)oc1Br. The average molecular weight is 270 g/mol. The van der Waals surface area contributed by atoms with Crippen LogP contribution in [0.2, 0.25) is 0 Å². The van der Waals surface area contributed by atoms with E-state index >= 15 is 0 Å². The molecule has 1 N–H and O–H groups in total. The number of carboxylic acids is 1. The predicted octanol–water partition coefficient (Wildman–Crippen LogP) is 2.50. The molecule has 0 saturated heterocycles. The molecule has 0 fully saturated rings. The maximum Gasteiger partial charge on any atom is 0.340 e. The van der Waals surface area contributed by atoms with Crippen LogP contribution in [0.15, 0.2) is 19.8 Å². The first-order chi connectivity index (χ1) is 4.61. The summed E-state index contributed by atoms with van der Waals surface area (Å²) >= 11 is 5.93. The van der Waals surface area contributed by atoms with Gasteiger partial charge in [-0.05, 0) is 31.9 Å². The highest BCUT2D eigenvalue weighted by Gasteiger charge is 2.12. The molecular formula is C5H2Br2O3. The average Bonchev–Trinajstić information content (AvgIpc) is 2.10. The molecule has 0 atom stereocenters. The zero-order valence-electron chi connectivity index (χ0n) is 4.60. The van der Waals surface area contributed by atoms with Gasteiger partial charge in [0.15, 0.2) is 9.34 Å². The van der Waals surface area contributed by atoms with Crippen molar-refractivity contribution >= 4 is 37.8 Å². The topological polar surface area (TPSA) is 50.4 Å². The summed E-state index contributed by atoms with van der Waals surface area (Å²) in [7, 11) is 0. The van der Waals surface area contributed by atoms with Crippen LogP contribution in [0.4, 0.5) is 0 Å². The fourth-order valence-corrected chi connectivity index (χ4v) is 1.55. The highest BCUT2D eigenvalue weighted by atomic mass is 79.9. The highest BCUT2D eigenvalue weighted by Crippen LogP contribution is 2.24. The summed E-state index contributed by atoms with van der Waals surface area (Å²) < 4.78 is 5.46. The van der Waals surface area contributed by atoms with Crippen LogP contribution in [-0.2, 0) is 0 Å². The van der Waals surface area contributed by atoms with Crippen molar-refractivity contribution in [3.8, 4) is 0 Å². The first-order valence-electron chi connectivity index (χ1n) is 2.29. The molecular weight excluding hydrogens is 268 g/mol. The fourth-order valence-electron chi connectivity index (χ4n) is 0.486. The monoisotopic (exact) mass is 268 g/mol. The molecule has 0 aliphatic rings. The van der Waals surface area contributed by atoms with Crippen LogP contribution in [0.3, 0.4) is 0 Å². The molecule has 0 amide bonds. The van der Waals surface area contributed by atoms with Gasteiger partial charge >= 0.3 is 5.97 Å². The molecule has 0 spiro atoms. The van der Waals surface area contributed by atoms with Gasteiger partial charge in [-0.15, -0.1) is 0 Å². The van der Waals surface area contributed by atoms with Crippen LogP contribution >= 0.6 is 31.9 Å². The molecule has 1 heterocycles. The van der Waals surface area contributed by atoms with Crippen LogP contribution in [0, 0.1) is 0 Å². The Morgan fingerprint density at radius 1 is 1.60 bits per heavy atom. The maximum atomic E-state index is 10.3. The van der Waals surface area contributed by atoms with Crippen molar-refractivity contribution in [3.05, 3.63) is 21.0 Å². The minimum absolute atomic E-state index is 0.117. The smallest absolute Gasteiger partial charge is 0.340 e. The number of hydrogen-bond donors (Lipinski definition) is 1. The molecule has 0 aliphatic carbocycles. The number of carboxylic acid groups (broad SMARTS) is 1. The molecule has 0 radical (unpaired) electrons. The molecule has 0 unspecified atom stereocenters. The normalized spacial score (nSPS) is 9.80. The standard InChI is InChI=1S/C5H2Br2O3/c6-3-1-2(5(8)9)4(7)10-3/h1H,(H,8,9). The van der Waals surface area contributed by atoms with Gasteiger partial charge in [-0.1, -0.05) is 0 Å². The molecule has 1 aromatic heterocycles. The van der Waals surface area contributed by atoms with Crippen molar-refractivity contribution in [1.29, 1.82) is 0 Å². The van der Waals surface area contributed by atoms with Crippen LogP contribution in [-0.4, -0.2) is 11.1 Å². The summed E-state index contributed by atoms with van der Waals surface area (Å²) in [5.41, 5.74) is 0.117. The minimum Gasteiger partial charge on any atom is -0.478 e. The van der Waals surface area contributed by atoms with E-state index in [0.717, 1.165) is 0 Å². The lowest BCUT2D eigenvalue weighted by Gasteiger charge is -1.83. The van der Waals surface area contributed by atoms with Crippen molar-refractivity contribution in [3.63, 3.8) is 0 Å². The van der Waals surface area contributed by atoms with Gasteiger partial charge in [0, 0.05) is 6.07 Å². The molecule has 3 nitrogen and oxygen atoms in total.